The number of esters is 1. The lowest BCUT2D eigenvalue weighted by molar-refractivity contribution is -0.147. The van der Waals surface area contributed by atoms with Crippen LogP contribution >= 0.6 is 23.2 Å². The maximum Gasteiger partial charge on any atom is 0.325 e. The maximum absolute atomic E-state index is 11.9. The first-order chi connectivity index (χ1) is 13.8. The van der Waals surface area contributed by atoms with E-state index in [1.54, 1.807) is 25.1 Å². The third-order valence-corrected chi connectivity index (χ3v) is 4.42. The number of carbonyl (C=O) groups is 3. The number of hydrogen-bond acceptors (Lipinski definition) is 4. The zero-order valence-corrected chi connectivity index (χ0v) is 17.2. The van der Waals surface area contributed by atoms with Crippen molar-refractivity contribution in [3.05, 3.63) is 69.7 Å². The van der Waals surface area contributed by atoms with Gasteiger partial charge in [0.25, 0.3) is 5.91 Å². The molecule has 2 aromatic rings. The first kappa shape index (κ1) is 22.5. The summed E-state index contributed by atoms with van der Waals surface area (Å²) in [5.41, 5.74) is 1.62. The van der Waals surface area contributed by atoms with Crippen LogP contribution in [-0.4, -0.2) is 31.1 Å². The minimum Gasteiger partial charge on any atom is -0.454 e. The van der Waals surface area contributed by atoms with Gasteiger partial charge in [0.15, 0.2) is 6.61 Å². The number of hydrogen-bond donors (Lipinski definition) is 3. The molecule has 1 unspecified atom stereocenters. The Bertz CT molecular complexity index is 862. The van der Waals surface area contributed by atoms with E-state index in [0.29, 0.717) is 22.2 Å². The second-order valence-electron chi connectivity index (χ2n) is 6.14. The van der Waals surface area contributed by atoms with E-state index in [1.165, 1.54) is 0 Å². The highest BCUT2D eigenvalue weighted by molar-refractivity contribution is 6.35. The Morgan fingerprint density at radius 3 is 2.45 bits per heavy atom. The van der Waals surface area contributed by atoms with Crippen LogP contribution < -0.4 is 16.0 Å². The van der Waals surface area contributed by atoms with Crippen LogP contribution in [0.4, 0.5) is 4.79 Å². The number of halogens is 2. The van der Waals surface area contributed by atoms with Gasteiger partial charge in [0.1, 0.15) is 6.54 Å². The predicted octanol–water partition coefficient (Wildman–Crippen LogP) is 3.21. The number of amides is 3. The average molecular weight is 438 g/mol. The lowest BCUT2D eigenvalue weighted by Crippen LogP contribution is -2.39. The topological polar surface area (TPSA) is 96.5 Å². The Morgan fingerprint density at radius 2 is 1.76 bits per heavy atom. The van der Waals surface area contributed by atoms with E-state index >= 15 is 0 Å². The van der Waals surface area contributed by atoms with Gasteiger partial charge >= 0.3 is 12.0 Å². The van der Waals surface area contributed by atoms with Crippen molar-refractivity contribution in [3.63, 3.8) is 0 Å². The third kappa shape index (κ3) is 8.01. The summed E-state index contributed by atoms with van der Waals surface area (Å²) < 4.78 is 4.86. The first-order valence-corrected chi connectivity index (χ1v) is 9.56. The number of nitrogens with one attached hydrogen (secondary N) is 3. The van der Waals surface area contributed by atoms with Crippen molar-refractivity contribution in [2.24, 2.45) is 0 Å². The Kier molecular flexibility index (Phi) is 8.76. The molecule has 0 aliphatic carbocycles. The largest absolute Gasteiger partial charge is 0.454 e. The summed E-state index contributed by atoms with van der Waals surface area (Å²) in [5.74, 6) is -1.22. The van der Waals surface area contributed by atoms with Crippen LogP contribution in [0.5, 0.6) is 0 Å². The fourth-order valence-electron chi connectivity index (χ4n) is 2.40. The van der Waals surface area contributed by atoms with Crippen molar-refractivity contribution < 1.29 is 19.1 Å². The molecule has 9 heteroatoms. The maximum atomic E-state index is 11.9. The summed E-state index contributed by atoms with van der Waals surface area (Å²) >= 11 is 12.0. The van der Waals surface area contributed by atoms with E-state index in [-0.39, 0.29) is 6.54 Å². The molecule has 2 rings (SSSR count). The van der Waals surface area contributed by atoms with E-state index in [2.05, 4.69) is 16.0 Å². The molecule has 0 saturated heterocycles. The molecule has 7 nitrogen and oxygen atoms in total. The van der Waals surface area contributed by atoms with Gasteiger partial charge in [-0.25, -0.2) is 4.79 Å². The molecule has 0 heterocycles. The quantitative estimate of drug-likeness (QED) is 0.552. The minimum atomic E-state index is -0.729. The highest BCUT2D eigenvalue weighted by Crippen LogP contribution is 2.25. The van der Waals surface area contributed by atoms with Crippen LogP contribution in [0, 0.1) is 0 Å². The number of carbonyl (C=O) groups excluding carboxylic acids is 3. The standard InChI is InChI=1S/C20H21Cl2N3O4/c1-13(16-8-7-15(21)9-17(16)22)25-18(26)12-29-19(27)11-24-20(28)23-10-14-5-3-2-4-6-14/h2-9,13H,10-12H2,1H3,(H,25,26)(H2,23,24,28). The van der Waals surface area contributed by atoms with Crippen molar-refractivity contribution >= 4 is 41.1 Å². The fourth-order valence-corrected chi connectivity index (χ4v) is 2.98. The number of ether oxygens (including phenoxy) is 1. The van der Waals surface area contributed by atoms with Crippen LogP contribution in [0.25, 0.3) is 0 Å². The molecule has 29 heavy (non-hydrogen) atoms. The van der Waals surface area contributed by atoms with E-state index in [9.17, 15) is 14.4 Å². The van der Waals surface area contributed by atoms with E-state index in [0.717, 1.165) is 5.56 Å². The third-order valence-electron chi connectivity index (χ3n) is 3.86. The van der Waals surface area contributed by atoms with Gasteiger partial charge in [-0.2, -0.15) is 0 Å². The highest BCUT2D eigenvalue weighted by Gasteiger charge is 2.15. The van der Waals surface area contributed by atoms with E-state index in [1.807, 2.05) is 30.3 Å². The van der Waals surface area contributed by atoms with E-state index < -0.39 is 30.6 Å². The Hall–Kier alpha value is -2.77. The second kappa shape index (κ2) is 11.3. The highest BCUT2D eigenvalue weighted by atomic mass is 35.5. The summed E-state index contributed by atoms with van der Waals surface area (Å²) in [7, 11) is 0. The van der Waals surface area contributed by atoms with Gasteiger partial charge in [-0.3, -0.25) is 9.59 Å². The summed E-state index contributed by atoms with van der Waals surface area (Å²) in [6.45, 7) is 1.25. The molecular formula is C20H21Cl2N3O4. The molecule has 0 spiro atoms. The van der Waals surface area contributed by atoms with Crippen molar-refractivity contribution in [1.82, 2.24) is 16.0 Å². The summed E-state index contributed by atoms with van der Waals surface area (Å²) in [5, 5.41) is 8.57. The predicted molar refractivity (Wildman–Crippen MR) is 111 cm³/mol. The molecular weight excluding hydrogens is 417 g/mol. The number of rotatable bonds is 8. The zero-order valence-electron chi connectivity index (χ0n) is 15.7. The van der Waals surface area contributed by atoms with Crippen LogP contribution in [0.15, 0.2) is 48.5 Å². The summed E-state index contributed by atoms with van der Waals surface area (Å²) in [4.78, 5) is 35.3. The van der Waals surface area contributed by atoms with E-state index in [4.69, 9.17) is 27.9 Å². The van der Waals surface area contributed by atoms with Gasteiger partial charge in [0.05, 0.1) is 6.04 Å². The van der Waals surface area contributed by atoms with Gasteiger partial charge in [0, 0.05) is 16.6 Å². The molecule has 0 aliphatic rings. The lowest BCUT2D eigenvalue weighted by atomic mass is 10.1. The number of benzene rings is 2. The van der Waals surface area contributed by atoms with Crippen LogP contribution in [0.1, 0.15) is 24.1 Å². The Labute approximate surface area is 178 Å². The molecule has 0 saturated carbocycles. The fraction of sp³-hybridized carbons (Fsp3) is 0.250. The first-order valence-electron chi connectivity index (χ1n) is 8.80. The molecule has 1 atom stereocenters. The molecule has 0 bridgehead atoms. The Balaban J connectivity index is 1.66. The molecule has 0 aromatic heterocycles. The lowest BCUT2D eigenvalue weighted by Gasteiger charge is -2.16. The molecule has 2 aromatic carbocycles. The van der Waals surface area contributed by atoms with Crippen LogP contribution in [0.3, 0.4) is 0 Å². The van der Waals surface area contributed by atoms with Gasteiger partial charge in [0.2, 0.25) is 0 Å². The van der Waals surface area contributed by atoms with Gasteiger partial charge in [-0.15, -0.1) is 0 Å². The molecule has 3 amide bonds. The SMILES string of the molecule is CC(NC(=O)COC(=O)CNC(=O)NCc1ccccc1)c1ccc(Cl)cc1Cl. The molecule has 3 N–H and O–H groups in total. The van der Waals surface area contributed by atoms with Crippen molar-refractivity contribution in [2.75, 3.05) is 13.2 Å². The molecule has 154 valence electrons. The molecule has 0 fully saturated rings. The smallest absolute Gasteiger partial charge is 0.325 e. The van der Waals surface area contributed by atoms with Crippen molar-refractivity contribution in [3.8, 4) is 0 Å². The second-order valence-corrected chi connectivity index (χ2v) is 6.98. The number of urea groups is 1. The Morgan fingerprint density at radius 1 is 1.03 bits per heavy atom. The van der Waals surface area contributed by atoms with Crippen molar-refractivity contribution in [1.29, 1.82) is 0 Å². The average Bonchev–Trinajstić information content (AvgIpc) is 2.69. The van der Waals surface area contributed by atoms with Crippen LogP contribution in [-0.2, 0) is 20.9 Å². The summed E-state index contributed by atoms with van der Waals surface area (Å²) in [6.07, 6.45) is 0. The normalized spacial score (nSPS) is 11.3. The molecule has 0 aliphatic heterocycles. The van der Waals surface area contributed by atoms with Gasteiger partial charge in [-0.1, -0.05) is 59.6 Å². The minimum absolute atomic E-state index is 0.329. The molecule has 0 radical (unpaired) electrons. The monoisotopic (exact) mass is 437 g/mol. The van der Waals surface area contributed by atoms with Crippen LogP contribution in [0.2, 0.25) is 10.0 Å². The van der Waals surface area contributed by atoms with Gasteiger partial charge in [-0.05, 0) is 30.2 Å². The van der Waals surface area contributed by atoms with Crippen molar-refractivity contribution in [2.45, 2.75) is 19.5 Å². The summed E-state index contributed by atoms with van der Waals surface area (Å²) in [6, 6.07) is 13.4. The zero-order chi connectivity index (χ0) is 21.2. The van der Waals surface area contributed by atoms with Gasteiger partial charge < -0.3 is 20.7 Å².